The van der Waals surface area contributed by atoms with Gasteiger partial charge in [0.15, 0.2) is 16.9 Å². The molecule has 7 nitrogen and oxygen atoms in total. The van der Waals surface area contributed by atoms with Crippen molar-refractivity contribution in [2.24, 2.45) is 5.41 Å². The normalized spacial score (nSPS) is 19.9. The molecule has 0 spiro atoms. The summed E-state index contributed by atoms with van der Waals surface area (Å²) in [5, 5.41) is 12.4. The molecule has 1 aliphatic rings. The minimum Gasteiger partial charge on any atom is -0.493 e. The molecular formula is C21H22FNO6. The first kappa shape index (κ1) is 20.4. The third-order valence-electron chi connectivity index (χ3n) is 5.18. The van der Waals surface area contributed by atoms with E-state index in [1.807, 2.05) is 0 Å². The van der Waals surface area contributed by atoms with Crippen LogP contribution in [-0.4, -0.2) is 38.3 Å². The molecule has 2 atom stereocenters. The van der Waals surface area contributed by atoms with Gasteiger partial charge in [0.25, 0.3) is 0 Å². The fourth-order valence-electron chi connectivity index (χ4n) is 3.54. The largest absolute Gasteiger partial charge is 0.493 e. The van der Waals surface area contributed by atoms with Crippen LogP contribution >= 0.6 is 0 Å². The van der Waals surface area contributed by atoms with E-state index in [2.05, 4.69) is 5.32 Å². The fraction of sp³-hybridized carbons (Fsp3) is 0.333. The zero-order chi connectivity index (χ0) is 21.2. The summed E-state index contributed by atoms with van der Waals surface area (Å²) in [5.41, 5.74) is -0.454. The number of hydrogen-bond acceptors (Lipinski definition) is 5. The Morgan fingerprint density at radius 3 is 2.31 bits per heavy atom. The predicted octanol–water partition coefficient (Wildman–Crippen LogP) is 2.73. The van der Waals surface area contributed by atoms with E-state index in [-0.39, 0.29) is 13.0 Å². The van der Waals surface area contributed by atoms with Gasteiger partial charge in [-0.2, -0.15) is 0 Å². The summed E-state index contributed by atoms with van der Waals surface area (Å²) in [6, 6.07) is 9.07. The summed E-state index contributed by atoms with van der Waals surface area (Å²) < 4.78 is 29.2. The number of nitrogens with one attached hydrogen (secondary N) is 1. The molecule has 1 saturated carbocycles. The SMILES string of the molecule is COc1cc(C2CC2(C(=O)O)C(=O)NCc2cccc(F)c2)cc(OC)c1OC. The lowest BCUT2D eigenvalue weighted by molar-refractivity contribution is -0.149. The van der Waals surface area contributed by atoms with Crippen molar-refractivity contribution in [3.8, 4) is 17.2 Å². The van der Waals surface area contributed by atoms with Gasteiger partial charge in [-0.25, -0.2) is 4.39 Å². The van der Waals surface area contributed by atoms with E-state index < -0.39 is 29.0 Å². The third kappa shape index (κ3) is 3.70. The molecule has 2 aromatic carbocycles. The van der Waals surface area contributed by atoms with Crippen molar-refractivity contribution in [1.82, 2.24) is 5.32 Å². The molecule has 0 aliphatic heterocycles. The fourth-order valence-corrected chi connectivity index (χ4v) is 3.54. The lowest BCUT2D eigenvalue weighted by atomic mass is 9.97. The van der Waals surface area contributed by atoms with E-state index in [1.54, 1.807) is 18.2 Å². The second-order valence-corrected chi connectivity index (χ2v) is 6.80. The Bertz CT molecular complexity index is 922. The first-order valence-corrected chi connectivity index (χ1v) is 8.93. The van der Waals surface area contributed by atoms with Gasteiger partial charge in [-0.1, -0.05) is 12.1 Å². The molecule has 1 amide bonds. The van der Waals surface area contributed by atoms with Crippen LogP contribution in [0.25, 0.3) is 0 Å². The van der Waals surface area contributed by atoms with E-state index in [0.717, 1.165) is 0 Å². The quantitative estimate of drug-likeness (QED) is 0.659. The number of halogens is 1. The molecule has 0 heterocycles. The summed E-state index contributed by atoms with van der Waals surface area (Å²) in [4.78, 5) is 24.8. The van der Waals surface area contributed by atoms with Gasteiger partial charge in [-0.15, -0.1) is 0 Å². The molecule has 0 bridgehead atoms. The maximum Gasteiger partial charge on any atom is 0.319 e. The highest BCUT2D eigenvalue weighted by atomic mass is 19.1. The molecule has 2 unspecified atom stereocenters. The summed E-state index contributed by atoms with van der Waals surface area (Å²) in [5.74, 6) is -1.66. The van der Waals surface area contributed by atoms with Gasteiger partial charge >= 0.3 is 5.97 Å². The van der Waals surface area contributed by atoms with Crippen LogP contribution in [0.1, 0.15) is 23.5 Å². The first-order valence-electron chi connectivity index (χ1n) is 8.93. The predicted molar refractivity (Wildman–Crippen MR) is 102 cm³/mol. The van der Waals surface area contributed by atoms with Crippen LogP contribution in [-0.2, 0) is 16.1 Å². The molecule has 3 rings (SSSR count). The molecule has 8 heteroatoms. The number of amides is 1. The van der Waals surface area contributed by atoms with Gasteiger partial charge in [-0.3, -0.25) is 9.59 Å². The van der Waals surface area contributed by atoms with E-state index in [1.165, 1.54) is 39.5 Å². The highest BCUT2D eigenvalue weighted by molar-refractivity contribution is 6.06. The maximum atomic E-state index is 13.3. The van der Waals surface area contributed by atoms with Crippen LogP contribution in [0, 0.1) is 11.2 Å². The van der Waals surface area contributed by atoms with Crippen LogP contribution in [0.3, 0.4) is 0 Å². The molecular weight excluding hydrogens is 381 g/mol. The molecule has 2 aromatic rings. The van der Waals surface area contributed by atoms with E-state index in [4.69, 9.17) is 14.2 Å². The minimum absolute atomic E-state index is 0.0353. The Morgan fingerprint density at radius 2 is 1.79 bits per heavy atom. The van der Waals surface area contributed by atoms with Crippen LogP contribution in [0.2, 0.25) is 0 Å². The van der Waals surface area contributed by atoms with Crippen molar-refractivity contribution < 1.29 is 33.3 Å². The minimum atomic E-state index is -1.60. The van der Waals surface area contributed by atoms with Gasteiger partial charge in [0.1, 0.15) is 5.82 Å². The number of carboxylic acids is 1. The Morgan fingerprint density at radius 1 is 1.14 bits per heavy atom. The van der Waals surface area contributed by atoms with Gasteiger partial charge in [0.2, 0.25) is 11.7 Å². The zero-order valence-corrected chi connectivity index (χ0v) is 16.3. The van der Waals surface area contributed by atoms with Crippen molar-refractivity contribution >= 4 is 11.9 Å². The van der Waals surface area contributed by atoms with Crippen molar-refractivity contribution in [2.75, 3.05) is 21.3 Å². The highest BCUT2D eigenvalue weighted by Gasteiger charge is 2.66. The Kier molecular flexibility index (Phi) is 5.63. The second kappa shape index (κ2) is 7.98. The van der Waals surface area contributed by atoms with Crippen molar-refractivity contribution in [3.05, 3.63) is 53.3 Å². The number of carbonyl (C=O) groups excluding carboxylic acids is 1. The van der Waals surface area contributed by atoms with Crippen LogP contribution in [0.15, 0.2) is 36.4 Å². The average molecular weight is 403 g/mol. The topological polar surface area (TPSA) is 94.1 Å². The van der Waals surface area contributed by atoms with Gasteiger partial charge in [0.05, 0.1) is 21.3 Å². The molecule has 1 aliphatic carbocycles. The maximum absolute atomic E-state index is 13.3. The number of carbonyl (C=O) groups is 2. The van der Waals surface area contributed by atoms with E-state index in [9.17, 15) is 19.1 Å². The van der Waals surface area contributed by atoms with Crippen molar-refractivity contribution in [2.45, 2.75) is 18.9 Å². The summed E-state index contributed by atoms with van der Waals surface area (Å²) >= 11 is 0. The van der Waals surface area contributed by atoms with E-state index >= 15 is 0 Å². The lowest BCUT2D eigenvalue weighted by Crippen LogP contribution is -2.37. The zero-order valence-electron chi connectivity index (χ0n) is 16.3. The van der Waals surface area contributed by atoms with Crippen LogP contribution < -0.4 is 19.5 Å². The molecule has 2 N–H and O–H groups in total. The Labute approximate surface area is 167 Å². The molecule has 29 heavy (non-hydrogen) atoms. The summed E-state index contributed by atoms with van der Waals surface area (Å²) in [6.45, 7) is 0.0353. The van der Waals surface area contributed by atoms with Crippen molar-refractivity contribution in [1.29, 1.82) is 0 Å². The first-order chi connectivity index (χ1) is 13.9. The number of carboxylic acid groups (broad SMARTS) is 1. The number of ether oxygens (including phenoxy) is 3. The van der Waals surface area contributed by atoms with Crippen molar-refractivity contribution in [3.63, 3.8) is 0 Å². The van der Waals surface area contributed by atoms with E-state index in [0.29, 0.717) is 28.4 Å². The summed E-state index contributed by atoms with van der Waals surface area (Å²) in [7, 11) is 4.40. The average Bonchev–Trinajstić information content (AvgIpc) is 3.48. The Balaban J connectivity index is 1.85. The third-order valence-corrected chi connectivity index (χ3v) is 5.18. The number of aliphatic carboxylic acids is 1. The van der Waals surface area contributed by atoms with Gasteiger partial charge < -0.3 is 24.6 Å². The highest BCUT2D eigenvalue weighted by Crippen LogP contribution is 2.61. The molecule has 154 valence electrons. The van der Waals surface area contributed by atoms with Gasteiger partial charge in [0, 0.05) is 12.5 Å². The Hall–Kier alpha value is -3.29. The molecule has 0 radical (unpaired) electrons. The smallest absolute Gasteiger partial charge is 0.319 e. The van der Waals surface area contributed by atoms with Crippen LogP contribution in [0.5, 0.6) is 17.2 Å². The van der Waals surface area contributed by atoms with Crippen LogP contribution in [0.4, 0.5) is 4.39 Å². The lowest BCUT2D eigenvalue weighted by Gasteiger charge is -2.16. The monoisotopic (exact) mass is 403 g/mol. The standard InChI is InChI=1S/C21H22FNO6/c1-27-16-8-13(9-17(28-2)18(16)29-3)15-10-21(15,20(25)26)19(24)23-11-12-5-4-6-14(22)7-12/h4-9,15H,10-11H2,1-3H3,(H,23,24)(H,25,26). The molecule has 0 saturated heterocycles. The molecule has 0 aromatic heterocycles. The number of rotatable bonds is 8. The number of methoxy groups -OCH3 is 3. The second-order valence-electron chi connectivity index (χ2n) is 6.80. The summed E-state index contributed by atoms with van der Waals surface area (Å²) in [6.07, 6.45) is 0.135. The number of hydrogen-bond donors (Lipinski definition) is 2. The number of benzene rings is 2. The molecule has 1 fully saturated rings. The van der Waals surface area contributed by atoms with Gasteiger partial charge in [-0.05, 0) is 41.8 Å².